The minimum absolute atomic E-state index is 0.556. The molecule has 0 radical (unpaired) electrons. The molecule has 0 N–H and O–H groups in total. The molecule has 0 aliphatic heterocycles. The van der Waals surface area contributed by atoms with Crippen molar-refractivity contribution in [1.82, 2.24) is 20.0 Å². The van der Waals surface area contributed by atoms with Gasteiger partial charge in [-0.1, -0.05) is 0 Å². The molecule has 0 spiro atoms. The summed E-state index contributed by atoms with van der Waals surface area (Å²) in [6.07, 6.45) is 0. The fourth-order valence-corrected chi connectivity index (χ4v) is 2.15. The first-order valence-electron chi connectivity index (χ1n) is 4.38. The summed E-state index contributed by atoms with van der Waals surface area (Å²) in [7, 11) is 16.4. The third-order valence-corrected chi connectivity index (χ3v) is 2.15. The Morgan fingerprint density at radius 1 is 0.462 bits per heavy atom. The van der Waals surface area contributed by atoms with Crippen LogP contribution in [0.25, 0.3) is 0 Å². The van der Waals surface area contributed by atoms with E-state index in [9.17, 15) is 0 Å². The minimum Gasteiger partial charge on any atom is -0.102 e. The normalized spacial score (nSPS) is 13.8. The molecule has 0 bridgehead atoms. The van der Waals surface area contributed by atoms with Crippen LogP contribution in [0.5, 0.6) is 0 Å². The zero-order chi connectivity index (χ0) is 10.8. The molecule has 0 aromatic heterocycles. The number of hydrogen-bond donors (Lipinski definition) is 0. The zero-order valence-corrected chi connectivity index (χ0v) is 10.2. The topological polar surface area (TPSA) is 13.0 Å². The molecule has 0 atom stereocenters. The van der Waals surface area contributed by atoms with Gasteiger partial charge in [-0.3, -0.25) is 0 Å². The molecule has 0 fully saturated rings. The Bertz CT molecular complexity index is 115. The van der Waals surface area contributed by atoms with Crippen molar-refractivity contribution in [2.75, 3.05) is 56.4 Å². The van der Waals surface area contributed by atoms with Crippen LogP contribution in [0.4, 0.5) is 0 Å². The maximum atomic E-state index is 2.12. The van der Waals surface area contributed by atoms with Gasteiger partial charge < -0.3 is 0 Å². The molecule has 0 aliphatic rings. The highest BCUT2D eigenvalue weighted by Crippen LogP contribution is 2.15. The van der Waals surface area contributed by atoms with Gasteiger partial charge in [0.1, 0.15) is 0 Å². The summed E-state index contributed by atoms with van der Waals surface area (Å²) in [6, 6.07) is 0. The average Bonchev–Trinajstić information content (AvgIpc) is 1.82. The molecule has 80 valence electrons. The van der Waals surface area contributed by atoms with Crippen molar-refractivity contribution in [2.24, 2.45) is 0 Å². The number of nitrogens with zero attached hydrogens (tertiary/aromatic N) is 5. The Kier molecular flexibility index (Phi) is 4.28. The van der Waals surface area contributed by atoms with E-state index < -0.39 is 0 Å². The smallest absolute Gasteiger partial charge is 0.0424 e. The van der Waals surface area contributed by atoms with E-state index in [4.69, 9.17) is 0 Å². The predicted octanol–water partition coefficient (Wildman–Crippen LogP) is -0.290. The molecule has 0 unspecified atom stereocenters. The summed E-state index contributed by atoms with van der Waals surface area (Å²) in [5.41, 5.74) is 0. The van der Waals surface area contributed by atoms with Crippen molar-refractivity contribution in [2.45, 2.75) is 0 Å². The van der Waals surface area contributed by atoms with Crippen LogP contribution >= 0.6 is 0 Å². The van der Waals surface area contributed by atoms with Crippen LogP contribution in [-0.2, 0) is 0 Å². The van der Waals surface area contributed by atoms with E-state index in [1.165, 1.54) is 0 Å². The lowest BCUT2D eigenvalue weighted by Gasteiger charge is -2.50. The summed E-state index contributed by atoms with van der Waals surface area (Å²) < 4.78 is 0. The monoisotopic (exact) mass is 190 g/mol. The Labute approximate surface area is 82.2 Å². The van der Waals surface area contributed by atoms with Crippen molar-refractivity contribution >= 4 is 0 Å². The minimum atomic E-state index is 0.556. The van der Waals surface area contributed by atoms with E-state index in [-0.39, 0.29) is 0 Å². The fourth-order valence-electron chi connectivity index (χ4n) is 2.15. The van der Waals surface area contributed by atoms with Crippen molar-refractivity contribution < 1.29 is 4.92 Å². The Morgan fingerprint density at radius 2 is 0.615 bits per heavy atom. The van der Waals surface area contributed by atoms with Crippen LogP contribution in [0.1, 0.15) is 0 Å². The summed E-state index contributed by atoms with van der Waals surface area (Å²) in [5, 5.41) is 8.50. The third-order valence-electron chi connectivity index (χ3n) is 2.15. The van der Waals surface area contributed by atoms with Crippen LogP contribution < -0.4 is 0 Å². The van der Waals surface area contributed by atoms with Crippen molar-refractivity contribution in [3.8, 4) is 0 Å². The van der Waals surface area contributed by atoms with Crippen LogP contribution in [0.15, 0.2) is 0 Å². The predicted molar refractivity (Wildman–Crippen MR) is 55.0 cm³/mol. The van der Waals surface area contributed by atoms with E-state index >= 15 is 0 Å². The van der Waals surface area contributed by atoms with E-state index in [0.717, 1.165) is 0 Å². The number of hydrogen-bond acceptors (Lipinski definition) is 4. The molecule has 0 heterocycles. The molecule has 13 heavy (non-hydrogen) atoms. The van der Waals surface area contributed by atoms with Crippen molar-refractivity contribution in [3.63, 3.8) is 0 Å². The SMILES string of the molecule is CN(C)[N+](N(C)C)(N(C)C)N(C)C. The van der Waals surface area contributed by atoms with E-state index in [2.05, 4.69) is 76.4 Å². The highest BCUT2D eigenvalue weighted by atomic mass is 16.3. The fraction of sp³-hybridized carbons (Fsp3) is 1.00. The Balaban J connectivity index is 5.06. The lowest BCUT2D eigenvalue weighted by Crippen LogP contribution is -2.76. The van der Waals surface area contributed by atoms with Gasteiger partial charge in [0.05, 0.1) is 0 Å². The molecule has 0 aromatic rings. The first-order chi connectivity index (χ1) is 5.77. The second-order valence-electron chi connectivity index (χ2n) is 3.93. The lowest BCUT2D eigenvalue weighted by molar-refractivity contribution is -1.27. The summed E-state index contributed by atoms with van der Waals surface area (Å²) in [4.78, 5) is 0.556. The quantitative estimate of drug-likeness (QED) is 0.446. The first kappa shape index (κ1) is 12.8. The van der Waals surface area contributed by atoms with E-state index in [0.29, 0.717) is 4.92 Å². The molecule has 0 saturated heterocycles. The van der Waals surface area contributed by atoms with Crippen molar-refractivity contribution in [1.29, 1.82) is 0 Å². The number of rotatable bonds is 4. The summed E-state index contributed by atoms with van der Waals surface area (Å²) in [5.74, 6) is 0. The van der Waals surface area contributed by atoms with Gasteiger partial charge in [-0.05, 0) is 4.92 Å². The second-order valence-corrected chi connectivity index (χ2v) is 3.93. The van der Waals surface area contributed by atoms with E-state index in [1.54, 1.807) is 0 Å². The standard InChI is InChI=1S/C8H24N5/c1-9(2)13(10(3)4,11(5)6)12(7)8/h1-8H3/q+1. The summed E-state index contributed by atoms with van der Waals surface area (Å²) in [6.45, 7) is 0. The molecular weight excluding hydrogens is 166 g/mol. The number of quaternary nitrogens is 1. The molecule has 0 aromatic carbocycles. The largest absolute Gasteiger partial charge is 0.102 e. The third kappa shape index (κ3) is 2.00. The second kappa shape index (κ2) is 4.34. The van der Waals surface area contributed by atoms with Crippen LogP contribution in [0.3, 0.4) is 0 Å². The average molecular weight is 190 g/mol. The molecule has 5 nitrogen and oxygen atoms in total. The van der Waals surface area contributed by atoms with Gasteiger partial charge in [-0.25, -0.2) is 0 Å². The van der Waals surface area contributed by atoms with Gasteiger partial charge in [-0.2, -0.15) is 0 Å². The van der Waals surface area contributed by atoms with Crippen LogP contribution in [0.2, 0.25) is 0 Å². The molecule has 0 aliphatic carbocycles. The molecule has 0 rings (SSSR count). The highest BCUT2D eigenvalue weighted by Gasteiger charge is 2.41. The Hall–Kier alpha value is -0.200. The van der Waals surface area contributed by atoms with Crippen molar-refractivity contribution in [3.05, 3.63) is 0 Å². The maximum Gasteiger partial charge on any atom is 0.0424 e. The van der Waals surface area contributed by atoms with Gasteiger partial charge >= 0.3 is 0 Å². The molecule has 0 amide bonds. The zero-order valence-electron chi connectivity index (χ0n) is 10.2. The van der Waals surface area contributed by atoms with Gasteiger partial charge in [0.15, 0.2) is 0 Å². The lowest BCUT2D eigenvalue weighted by atomic mass is 10.9. The van der Waals surface area contributed by atoms with E-state index in [1.807, 2.05) is 0 Å². The van der Waals surface area contributed by atoms with Gasteiger partial charge in [0.2, 0.25) is 0 Å². The highest BCUT2D eigenvalue weighted by molar-refractivity contribution is 4.23. The summed E-state index contributed by atoms with van der Waals surface area (Å²) >= 11 is 0. The van der Waals surface area contributed by atoms with Gasteiger partial charge in [0.25, 0.3) is 0 Å². The first-order valence-corrected chi connectivity index (χ1v) is 4.38. The van der Waals surface area contributed by atoms with Crippen LogP contribution in [0, 0.1) is 0 Å². The molecule has 0 saturated carbocycles. The molecular formula is C8H24N5+. The maximum absolute atomic E-state index is 2.12. The van der Waals surface area contributed by atoms with Crippen LogP contribution in [-0.4, -0.2) is 81.3 Å². The Morgan fingerprint density at radius 3 is 0.615 bits per heavy atom. The molecule has 5 heteroatoms. The van der Waals surface area contributed by atoms with Gasteiger partial charge in [0, 0.05) is 56.4 Å². The van der Waals surface area contributed by atoms with Gasteiger partial charge in [-0.15, -0.1) is 20.0 Å².